The molecule has 0 aliphatic heterocycles. The van der Waals surface area contributed by atoms with Gasteiger partial charge in [0.15, 0.2) is 0 Å². The van der Waals surface area contributed by atoms with E-state index < -0.39 is 22.8 Å². The first-order valence-electron chi connectivity index (χ1n) is 10.4. The summed E-state index contributed by atoms with van der Waals surface area (Å²) < 4.78 is 3.40. The molecule has 0 amide bonds. The number of benzene rings is 2. The van der Waals surface area contributed by atoms with Crippen LogP contribution in [0.3, 0.4) is 0 Å². The summed E-state index contributed by atoms with van der Waals surface area (Å²) in [5, 5.41) is 0. The van der Waals surface area contributed by atoms with Crippen molar-refractivity contribution in [1.82, 2.24) is 0 Å². The molecule has 2 aliphatic rings. The molecule has 2 aliphatic carbocycles. The molecule has 0 aromatic heterocycles. The fourth-order valence-corrected chi connectivity index (χ4v) is 8.48. The van der Waals surface area contributed by atoms with Gasteiger partial charge in [-0.2, -0.15) is 0 Å². The van der Waals surface area contributed by atoms with E-state index in [2.05, 4.69) is 92.7 Å². The van der Waals surface area contributed by atoms with Crippen molar-refractivity contribution in [3.05, 3.63) is 116 Å². The summed E-state index contributed by atoms with van der Waals surface area (Å²) in [4.78, 5) is 0. The van der Waals surface area contributed by atoms with Crippen molar-refractivity contribution in [2.45, 2.75) is 39.5 Å². The van der Waals surface area contributed by atoms with Gasteiger partial charge in [0.25, 0.3) is 0 Å². The Morgan fingerprint density at radius 1 is 0.800 bits per heavy atom. The van der Waals surface area contributed by atoms with Gasteiger partial charge in [-0.1, -0.05) is 0 Å². The molecule has 0 saturated heterocycles. The molecule has 2 aromatic carbocycles. The summed E-state index contributed by atoms with van der Waals surface area (Å²) in [5.74, 6) is 0. The molecule has 3 heteroatoms. The van der Waals surface area contributed by atoms with Crippen LogP contribution in [0.5, 0.6) is 0 Å². The van der Waals surface area contributed by atoms with E-state index >= 15 is 0 Å². The molecule has 0 spiro atoms. The van der Waals surface area contributed by atoms with Gasteiger partial charge in [-0.3, -0.25) is 0 Å². The third-order valence-corrected chi connectivity index (χ3v) is 9.66. The van der Waals surface area contributed by atoms with Gasteiger partial charge in [0, 0.05) is 0 Å². The van der Waals surface area contributed by atoms with Crippen molar-refractivity contribution in [3.63, 3.8) is 0 Å². The van der Waals surface area contributed by atoms with Crippen molar-refractivity contribution in [2.75, 3.05) is 0 Å². The number of rotatable bonds is 6. The summed E-state index contributed by atoms with van der Waals surface area (Å²) >= 11 is -0.900. The average molecular weight is 514 g/mol. The maximum atomic E-state index is 2.35. The molecule has 0 N–H and O–H groups in total. The Morgan fingerprint density at radius 2 is 1.37 bits per heavy atom. The van der Waals surface area contributed by atoms with Crippen LogP contribution >= 0.6 is 0 Å². The standard InChI is InChI=1S/C14H17.C13H10.2ClH.Zr/c1-3-11-9-10-14(13(11)4-2)12-7-5-6-8-12;1-3-7-12(8-4-1)11-13-9-5-2-6-10-13;;;/h5-7H,3-4,8,10H2,1-2H3;1-10H;2*1H;/q;;;;+2/p-2. The molecule has 153 valence electrons. The topological polar surface area (TPSA) is 0 Å². The van der Waals surface area contributed by atoms with E-state index in [1.807, 2.05) is 0 Å². The smallest absolute Gasteiger partial charge is 1.00 e. The van der Waals surface area contributed by atoms with Gasteiger partial charge in [-0.25, -0.2) is 0 Å². The summed E-state index contributed by atoms with van der Waals surface area (Å²) in [5.41, 5.74) is 9.35. The zero-order chi connectivity index (χ0) is 19.3. The van der Waals surface area contributed by atoms with Gasteiger partial charge >= 0.3 is 181 Å². The molecular weight excluding hydrogens is 486 g/mol. The first kappa shape index (κ1) is 25.0. The van der Waals surface area contributed by atoms with Crippen LogP contribution in [0.25, 0.3) is 0 Å². The van der Waals surface area contributed by atoms with Gasteiger partial charge in [0.05, 0.1) is 0 Å². The number of halogens is 2. The molecule has 30 heavy (non-hydrogen) atoms. The monoisotopic (exact) mass is 511 g/mol. The first-order valence-corrected chi connectivity index (χ1v) is 12.8. The fraction of sp³-hybridized carbons (Fsp3) is 0.222. The van der Waals surface area contributed by atoms with Crippen molar-refractivity contribution in [1.29, 1.82) is 0 Å². The Morgan fingerprint density at radius 3 is 1.83 bits per heavy atom. The van der Waals surface area contributed by atoms with Crippen molar-refractivity contribution < 1.29 is 47.6 Å². The largest absolute Gasteiger partial charge is 1.00 e. The average Bonchev–Trinajstić information content (AvgIpc) is 3.40. The van der Waals surface area contributed by atoms with E-state index in [9.17, 15) is 0 Å². The normalized spacial score (nSPS) is 14.8. The Labute approximate surface area is 204 Å². The third-order valence-electron chi connectivity index (χ3n) is 5.71. The SMILES string of the molecule is CCC1=[C]([Zr+2]=[C](c2ccccc2)c2ccccc2)CC(C2=CC=CC2)=C1CC.[Cl-].[Cl-]. The van der Waals surface area contributed by atoms with Crippen LogP contribution in [-0.2, 0) is 22.8 Å². The van der Waals surface area contributed by atoms with Crippen molar-refractivity contribution in [3.8, 4) is 0 Å². The van der Waals surface area contributed by atoms with Crippen molar-refractivity contribution in [2.24, 2.45) is 0 Å². The Hall–Kier alpha value is -1.27. The van der Waals surface area contributed by atoms with Crippen LogP contribution in [0.15, 0.2) is 104 Å². The summed E-state index contributed by atoms with van der Waals surface area (Å²) in [6.07, 6.45) is 11.5. The number of allylic oxidation sites excluding steroid dienone is 8. The molecule has 4 rings (SSSR count). The Balaban J connectivity index is 0.00000160. The van der Waals surface area contributed by atoms with Gasteiger partial charge in [-0.05, 0) is 0 Å². The van der Waals surface area contributed by atoms with E-state index in [4.69, 9.17) is 0 Å². The maximum absolute atomic E-state index is 2.35. The minimum absolute atomic E-state index is 0. The van der Waals surface area contributed by atoms with Gasteiger partial charge in [-0.15, -0.1) is 0 Å². The van der Waals surface area contributed by atoms with Crippen LogP contribution in [0.4, 0.5) is 0 Å². The second-order valence-corrected chi connectivity index (χ2v) is 10.7. The molecule has 0 atom stereocenters. The molecule has 0 radical (unpaired) electrons. The van der Waals surface area contributed by atoms with Crippen LogP contribution in [0, 0.1) is 0 Å². The van der Waals surface area contributed by atoms with E-state index in [-0.39, 0.29) is 24.8 Å². The second-order valence-electron chi connectivity index (χ2n) is 7.35. The van der Waals surface area contributed by atoms with Gasteiger partial charge in [0.2, 0.25) is 0 Å². The molecule has 0 heterocycles. The van der Waals surface area contributed by atoms with Gasteiger partial charge in [0.1, 0.15) is 0 Å². The zero-order valence-electron chi connectivity index (χ0n) is 17.6. The van der Waals surface area contributed by atoms with E-state index in [0.29, 0.717) is 0 Å². The summed E-state index contributed by atoms with van der Waals surface area (Å²) in [7, 11) is 0. The Bertz CT molecular complexity index is 968. The molecule has 0 fully saturated rings. The first-order chi connectivity index (χ1) is 13.8. The zero-order valence-corrected chi connectivity index (χ0v) is 21.6. The van der Waals surface area contributed by atoms with E-state index in [1.54, 1.807) is 28.8 Å². The minimum atomic E-state index is -0.900. The Kier molecular flexibility index (Phi) is 9.95. The van der Waals surface area contributed by atoms with Gasteiger partial charge < -0.3 is 24.8 Å². The molecule has 0 nitrogen and oxygen atoms in total. The fourth-order valence-electron chi connectivity index (χ4n) is 4.38. The quantitative estimate of drug-likeness (QED) is 0.541. The maximum Gasteiger partial charge on any atom is -1.00 e. The second kappa shape index (κ2) is 11.9. The molecule has 0 saturated carbocycles. The number of hydrogen-bond donors (Lipinski definition) is 0. The van der Waals surface area contributed by atoms with Crippen LogP contribution in [-0.4, -0.2) is 3.21 Å². The molecule has 2 aromatic rings. The molecule has 0 bridgehead atoms. The third kappa shape index (κ3) is 5.31. The molecular formula is C27H27Cl2Zr. The summed E-state index contributed by atoms with van der Waals surface area (Å²) in [6.45, 7) is 4.68. The molecule has 0 unspecified atom stereocenters. The minimum Gasteiger partial charge on any atom is -1.00 e. The summed E-state index contributed by atoms with van der Waals surface area (Å²) in [6, 6.07) is 22.1. The van der Waals surface area contributed by atoms with Crippen molar-refractivity contribution >= 4 is 3.21 Å². The van der Waals surface area contributed by atoms with E-state index in [0.717, 1.165) is 12.8 Å². The predicted octanol–water partition coefficient (Wildman–Crippen LogP) is 1.01. The number of hydrogen-bond acceptors (Lipinski definition) is 0. The van der Waals surface area contributed by atoms with E-state index in [1.165, 1.54) is 24.0 Å². The van der Waals surface area contributed by atoms with Crippen LogP contribution in [0.2, 0.25) is 0 Å². The van der Waals surface area contributed by atoms with Crippen LogP contribution in [0.1, 0.15) is 50.7 Å². The predicted molar refractivity (Wildman–Crippen MR) is 117 cm³/mol. The van der Waals surface area contributed by atoms with Crippen LogP contribution < -0.4 is 24.8 Å².